The third kappa shape index (κ3) is 3.85. The first-order chi connectivity index (χ1) is 13.4. The first kappa shape index (κ1) is 18.8. The van der Waals surface area contributed by atoms with Gasteiger partial charge in [-0.05, 0) is 61.8 Å². The van der Waals surface area contributed by atoms with Crippen LogP contribution in [0.5, 0.6) is 0 Å². The van der Waals surface area contributed by atoms with Gasteiger partial charge in [0.25, 0.3) is 0 Å². The largest absolute Gasteiger partial charge is 0.331 e. The van der Waals surface area contributed by atoms with E-state index in [4.69, 9.17) is 5.21 Å². The summed E-state index contributed by atoms with van der Waals surface area (Å²) in [6.07, 6.45) is 5.77. The number of amides is 2. The molecule has 2 atom stereocenters. The molecule has 0 unspecified atom stereocenters. The summed E-state index contributed by atoms with van der Waals surface area (Å²) in [5.41, 5.74) is 3.10. The van der Waals surface area contributed by atoms with Crippen LogP contribution in [0.1, 0.15) is 48.9 Å². The Morgan fingerprint density at radius 2 is 1.93 bits per heavy atom. The second-order valence-corrected chi connectivity index (χ2v) is 8.26. The topological polar surface area (TPSA) is 86.7 Å². The Kier molecular flexibility index (Phi) is 4.79. The molecule has 3 aliphatic rings. The molecule has 1 aliphatic heterocycles. The van der Waals surface area contributed by atoms with Gasteiger partial charge in [-0.2, -0.15) is 0 Å². The first-order valence-corrected chi connectivity index (χ1v) is 9.62. The van der Waals surface area contributed by atoms with E-state index in [9.17, 15) is 18.8 Å². The molecule has 0 bridgehead atoms. The molecule has 1 saturated heterocycles. The Morgan fingerprint density at radius 3 is 2.50 bits per heavy atom. The molecule has 2 amide bonds. The number of carbonyl (C=O) groups is 3. The number of nitrogens with one attached hydrogen (secondary N) is 1. The van der Waals surface area contributed by atoms with Crippen LogP contribution in [0.25, 0.3) is 0 Å². The van der Waals surface area contributed by atoms with E-state index < -0.39 is 23.7 Å². The van der Waals surface area contributed by atoms with E-state index >= 15 is 0 Å². The molecule has 1 aromatic carbocycles. The standard InChI is InChI=1S/C21H23FN2O4/c22-16-5-3-14(4-6-16)19(26)17-11-21(7-8-21)12-24(17)20(27)15(9-13-1-2-13)10-18(25)23-28/h1,3-6,15,17,28H,2,7-12H2,(H,23,25)/t15-,17+/m1/s1. The van der Waals surface area contributed by atoms with E-state index in [1.165, 1.54) is 24.3 Å². The van der Waals surface area contributed by atoms with Crippen molar-refractivity contribution in [2.45, 2.75) is 44.6 Å². The zero-order chi connectivity index (χ0) is 19.9. The third-order valence-electron chi connectivity index (χ3n) is 6.09. The van der Waals surface area contributed by atoms with Crippen molar-refractivity contribution in [3.63, 3.8) is 0 Å². The molecule has 7 heteroatoms. The molecule has 2 fully saturated rings. The predicted molar refractivity (Wildman–Crippen MR) is 97.9 cm³/mol. The lowest BCUT2D eigenvalue weighted by Gasteiger charge is -2.28. The summed E-state index contributed by atoms with van der Waals surface area (Å²) in [5.74, 6) is -2.03. The smallest absolute Gasteiger partial charge is 0.244 e. The van der Waals surface area contributed by atoms with E-state index in [-0.39, 0.29) is 23.5 Å². The number of hydrogen-bond acceptors (Lipinski definition) is 4. The lowest BCUT2D eigenvalue weighted by Crippen LogP contribution is -2.44. The molecule has 1 saturated carbocycles. The van der Waals surface area contributed by atoms with E-state index in [2.05, 4.69) is 0 Å². The Bertz CT molecular complexity index is 844. The number of carbonyl (C=O) groups excluding carboxylic acids is 3. The van der Waals surface area contributed by atoms with Crippen molar-refractivity contribution >= 4 is 17.6 Å². The molecule has 6 nitrogen and oxygen atoms in total. The Hall–Kier alpha value is -2.54. The fraction of sp³-hybridized carbons (Fsp3) is 0.476. The summed E-state index contributed by atoms with van der Waals surface area (Å²) in [4.78, 5) is 39.7. The number of hydroxylamine groups is 1. The first-order valence-electron chi connectivity index (χ1n) is 9.62. The molecule has 0 radical (unpaired) electrons. The molecule has 4 rings (SSSR count). The number of likely N-dealkylation sites (tertiary alicyclic amines) is 1. The van der Waals surface area contributed by atoms with Gasteiger partial charge >= 0.3 is 0 Å². The Balaban J connectivity index is 1.56. The quantitative estimate of drug-likeness (QED) is 0.326. The van der Waals surface area contributed by atoms with Gasteiger partial charge in [0.15, 0.2) is 5.78 Å². The lowest BCUT2D eigenvalue weighted by atomic mass is 9.95. The highest BCUT2D eigenvalue weighted by Gasteiger charge is 2.55. The lowest BCUT2D eigenvalue weighted by molar-refractivity contribution is -0.140. The van der Waals surface area contributed by atoms with Crippen molar-refractivity contribution < 1.29 is 24.0 Å². The molecule has 1 aromatic rings. The fourth-order valence-electron chi connectivity index (χ4n) is 4.17. The molecule has 2 aliphatic carbocycles. The minimum absolute atomic E-state index is 0.00134. The zero-order valence-electron chi connectivity index (χ0n) is 15.5. The highest BCUT2D eigenvalue weighted by atomic mass is 19.1. The molecule has 1 heterocycles. The maximum atomic E-state index is 13.3. The van der Waals surface area contributed by atoms with E-state index in [1.54, 1.807) is 10.4 Å². The second kappa shape index (κ2) is 7.13. The number of ketones is 1. The van der Waals surface area contributed by atoms with Crippen LogP contribution >= 0.6 is 0 Å². The van der Waals surface area contributed by atoms with Gasteiger partial charge < -0.3 is 4.90 Å². The Labute approximate surface area is 162 Å². The van der Waals surface area contributed by atoms with Gasteiger partial charge in [-0.15, -0.1) is 0 Å². The summed E-state index contributed by atoms with van der Waals surface area (Å²) in [6, 6.07) is 4.80. The summed E-state index contributed by atoms with van der Waals surface area (Å²) in [7, 11) is 0. The van der Waals surface area contributed by atoms with Crippen LogP contribution in [0.3, 0.4) is 0 Å². The van der Waals surface area contributed by atoms with Gasteiger partial charge in [0.2, 0.25) is 11.8 Å². The van der Waals surface area contributed by atoms with Crippen LogP contribution in [-0.2, 0) is 9.59 Å². The van der Waals surface area contributed by atoms with Crippen LogP contribution in [0.15, 0.2) is 35.9 Å². The maximum absolute atomic E-state index is 13.3. The molecular weight excluding hydrogens is 363 g/mol. The van der Waals surface area contributed by atoms with Crippen molar-refractivity contribution in [2.75, 3.05) is 6.54 Å². The number of nitrogens with zero attached hydrogens (tertiary/aromatic N) is 1. The van der Waals surface area contributed by atoms with Crippen LogP contribution in [-0.4, -0.2) is 40.3 Å². The SMILES string of the molecule is O=C(C[C@@H](CC1=CC1)C(=O)N1CC2(CC2)C[C@H]1C(=O)c1ccc(F)cc1)NO. The van der Waals surface area contributed by atoms with Crippen molar-refractivity contribution in [3.05, 3.63) is 47.3 Å². The average molecular weight is 386 g/mol. The van der Waals surface area contributed by atoms with Gasteiger partial charge in [-0.25, -0.2) is 9.87 Å². The molecular formula is C21H23FN2O4. The van der Waals surface area contributed by atoms with Crippen molar-refractivity contribution in [1.29, 1.82) is 0 Å². The van der Waals surface area contributed by atoms with Crippen molar-refractivity contribution in [2.24, 2.45) is 11.3 Å². The zero-order valence-corrected chi connectivity index (χ0v) is 15.5. The van der Waals surface area contributed by atoms with Crippen molar-refractivity contribution in [1.82, 2.24) is 10.4 Å². The van der Waals surface area contributed by atoms with Crippen LogP contribution in [0, 0.1) is 17.2 Å². The number of rotatable bonds is 7. The maximum Gasteiger partial charge on any atom is 0.244 e. The molecule has 0 aromatic heterocycles. The minimum atomic E-state index is -0.610. The fourth-order valence-corrected chi connectivity index (χ4v) is 4.17. The normalized spacial score (nSPS) is 22.6. The number of benzene rings is 1. The third-order valence-corrected chi connectivity index (χ3v) is 6.09. The minimum Gasteiger partial charge on any atom is -0.331 e. The highest BCUT2D eigenvalue weighted by molar-refractivity contribution is 6.02. The number of Topliss-reactive ketones (excluding diaryl/α,β-unsaturated/α-hetero) is 1. The number of hydrogen-bond donors (Lipinski definition) is 2. The molecule has 1 spiro atoms. The monoisotopic (exact) mass is 386 g/mol. The van der Waals surface area contributed by atoms with Gasteiger partial charge in [0.1, 0.15) is 5.82 Å². The second-order valence-electron chi connectivity index (χ2n) is 8.26. The molecule has 148 valence electrons. The number of allylic oxidation sites excluding steroid dienone is 2. The summed E-state index contributed by atoms with van der Waals surface area (Å²) < 4.78 is 13.2. The summed E-state index contributed by atoms with van der Waals surface area (Å²) >= 11 is 0. The van der Waals surface area contributed by atoms with E-state index in [1.807, 2.05) is 6.08 Å². The predicted octanol–water partition coefficient (Wildman–Crippen LogP) is 2.62. The molecule has 28 heavy (non-hydrogen) atoms. The number of halogens is 1. The van der Waals surface area contributed by atoms with Gasteiger partial charge in [-0.1, -0.05) is 11.6 Å². The summed E-state index contributed by atoms with van der Waals surface area (Å²) in [5, 5.41) is 8.86. The highest BCUT2D eigenvalue weighted by Crippen LogP contribution is 2.55. The Morgan fingerprint density at radius 1 is 1.25 bits per heavy atom. The van der Waals surface area contributed by atoms with Crippen LogP contribution in [0.2, 0.25) is 0 Å². The average Bonchev–Trinajstić information content (AvgIpc) is 3.60. The summed E-state index contributed by atoms with van der Waals surface area (Å²) in [6.45, 7) is 0.514. The van der Waals surface area contributed by atoms with Crippen LogP contribution < -0.4 is 5.48 Å². The van der Waals surface area contributed by atoms with Gasteiger partial charge in [-0.3, -0.25) is 19.6 Å². The van der Waals surface area contributed by atoms with Crippen LogP contribution in [0.4, 0.5) is 4.39 Å². The van der Waals surface area contributed by atoms with Gasteiger partial charge in [0.05, 0.1) is 12.0 Å². The van der Waals surface area contributed by atoms with Crippen molar-refractivity contribution in [3.8, 4) is 0 Å². The van der Waals surface area contributed by atoms with E-state index in [0.717, 1.165) is 24.8 Å². The van der Waals surface area contributed by atoms with E-state index in [0.29, 0.717) is 24.9 Å². The van der Waals surface area contributed by atoms with Gasteiger partial charge in [0, 0.05) is 18.5 Å². The molecule has 2 N–H and O–H groups in total.